The van der Waals surface area contributed by atoms with Crippen LogP contribution in [0.15, 0.2) is 0 Å². The van der Waals surface area contributed by atoms with Gasteiger partial charge in [-0.25, -0.2) is 0 Å². The van der Waals surface area contributed by atoms with Gasteiger partial charge in [0, 0.05) is 0 Å². The number of hydrogen-bond donors (Lipinski definition) is 0. The maximum absolute atomic E-state index is 2.22. The Bertz CT molecular complexity index is 26.0. The van der Waals surface area contributed by atoms with Crippen molar-refractivity contribution in [2.45, 2.75) is 24.3 Å². The Hall–Kier alpha value is 2.93. The van der Waals surface area contributed by atoms with Crippen LogP contribution in [0.2, 0.25) is 4.55 Å². The van der Waals surface area contributed by atoms with Gasteiger partial charge in [0.1, 0.15) is 0 Å². The molecule has 0 amide bonds. The van der Waals surface area contributed by atoms with E-state index in [2.05, 4.69) is 6.92 Å². The Labute approximate surface area is 128 Å². The molecule has 0 aliphatic heterocycles. The summed E-state index contributed by atoms with van der Waals surface area (Å²) in [5.74, 6) is 0. The van der Waals surface area contributed by atoms with Gasteiger partial charge in [0.15, 0.2) is 0 Å². The molecular formula is C4H9Cl5MgTi. The summed E-state index contributed by atoms with van der Waals surface area (Å²) in [6, 6.07) is 0. The maximum Gasteiger partial charge on any atom is 4.00 e. The van der Waals surface area contributed by atoms with Gasteiger partial charge < -0.3 is 62.0 Å². The van der Waals surface area contributed by atoms with E-state index in [4.69, 9.17) is 0 Å². The second kappa shape index (κ2) is 52.3. The van der Waals surface area contributed by atoms with Crippen molar-refractivity contribution in [3.63, 3.8) is 0 Å². The van der Waals surface area contributed by atoms with Crippen molar-refractivity contribution in [2.24, 2.45) is 0 Å². The molecule has 0 unspecified atom stereocenters. The summed E-state index contributed by atoms with van der Waals surface area (Å²) >= 11 is 2.05. The molecule has 0 saturated carbocycles. The number of unbranched alkanes of at least 4 members (excludes halogenated alkanes) is 1. The van der Waals surface area contributed by atoms with Gasteiger partial charge in [0.05, 0.1) is 0 Å². The molecule has 0 aromatic rings. The van der Waals surface area contributed by atoms with Crippen molar-refractivity contribution < 1.29 is 83.8 Å². The van der Waals surface area contributed by atoms with E-state index in [0.717, 1.165) is 0 Å². The van der Waals surface area contributed by atoms with E-state index in [9.17, 15) is 0 Å². The van der Waals surface area contributed by atoms with Gasteiger partial charge >= 0.3 is 67.7 Å². The summed E-state index contributed by atoms with van der Waals surface area (Å²) in [5.41, 5.74) is 0. The molecule has 0 aromatic carbocycles. The van der Waals surface area contributed by atoms with Gasteiger partial charge in [-0.2, -0.15) is 0 Å². The Kier molecular flexibility index (Phi) is 231. The van der Waals surface area contributed by atoms with Crippen LogP contribution in [0.25, 0.3) is 0 Å². The third-order valence-electron chi connectivity index (χ3n) is 0.604. The van der Waals surface area contributed by atoms with Crippen LogP contribution in [-0.2, 0) is 21.7 Å². The standard InChI is InChI=1S/C4H9.5ClH.Mg.Ti/c1-3-4-2;;;;;;;/h1,3-4H2,2H3;5*1H;;/q;;;;;;+1;+4/p-5. The summed E-state index contributed by atoms with van der Waals surface area (Å²) < 4.78 is 1.37. The van der Waals surface area contributed by atoms with Gasteiger partial charge in [-0.3, -0.25) is 0 Å². The first-order valence-corrected chi connectivity index (χ1v) is 3.21. The van der Waals surface area contributed by atoms with Gasteiger partial charge in [-0.15, -0.1) is 0 Å². The second-order valence-electron chi connectivity index (χ2n) is 1.21. The molecular weight excluding hydrogens is 297 g/mol. The molecule has 0 fully saturated rings. The molecule has 0 bridgehead atoms. The average Bonchev–Trinajstić information content (AvgIpc) is 1.41. The van der Waals surface area contributed by atoms with Crippen LogP contribution in [0.3, 0.4) is 0 Å². The van der Waals surface area contributed by atoms with Gasteiger partial charge in [-0.05, 0) is 0 Å². The van der Waals surface area contributed by atoms with Crippen molar-refractivity contribution in [3.05, 3.63) is 0 Å². The van der Waals surface area contributed by atoms with Gasteiger partial charge in [0.25, 0.3) is 0 Å². The fourth-order valence-corrected chi connectivity index (χ4v) is 0.750. The molecule has 0 aliphatic rings. The number of hydrogen-bond acceptors (Lipinski definition) is 0. The van der Waals surface area contributed by atoms with Crippen LogP contribution in [0.5, 0.6) is 0 Å². The molecule has 0 spiro atoms. The molecule has 0 radical (unpaired) electrons. The van der Waals surface area contributed by atoms with Crippen LogP contribution in [-0.4, -0.2) is 21.7 Å². The second-order valence-corrected chi connectivity index (χ2v) is 1.91. The largest absolute Gasteiger partial charge is 4.00 e. The molecule has 0 aromatic heterocycles. The Morgan fingerprint density at radius 1 is 0.909 bits per heavy atom. The van der Waals surface area contributed by atoms with Crippen molar-refractivity contribution in [1.29, 1.82) is 0 Å². The van der Waals surface area contributed by atoms with E-state index >= 15 is 0 Å². The normalized spacial score (nSPS) is 3.91. The van der Waals surface area contributed by atoms with Gasteiger partial charge in [0.2, 0.25) is 0 Å². The fourth-order valence-electron chi connectivity index (χ4n) is 0.250. The first kappa shape index (κ1) is 48.5. The minimum atomic E-state index is 0. The molecule has 0 saturated heterocycles. The average molecular weight is 307 g/mol. The summed E-state index contributed by atoms with van der Waals surface area (Å²) in [5, 5.41) is 0. The minimum Gasteiger partial charge on any atom is -1.00 e. The third-order valence-corrected chi connectivity index (χ3v) is 1.10. The van der Waals surface area contributed by atoms with E-state index in [1.165, 1.54) is 17.4 Å². The summed E-state index contributed by atoms with van der Waals surface area (Å²) in [6.45, 7) is 2.22. The zero-order valence-electron chi connectivity index (χ0n) is 6.22. The molecule has 0 atom stereocenters. The molecule has 0 heterocycles. The van der Waals surface area contributed by atoms with Crippen molar-refractivity contribution in [3.8, 4) is 0 Å². The number of rotatable bonds is 2. The first-order valence-electron chi connectivity index (χ1n) is 2.21. The Morgan fingerprint density at radius 2 is 1.18 bits per heavy atom. The van der Waals surface area contributed by atoms with Crippen LogP contribution in [0.4, 0.5) is 0 Å². The van der Waals surface area contributed by atoms with Crippen LogP contribution in [0, 0.1) is 0 Å². The number of halogens is 5. The molecule has 0 rings (SSSR count). The fraction of sp³-hybridized carbons (Fsp3) is 1.00. The first-order chi connectivity index (χ1) is 2.41. The Balaban J connectivity index is -0.00000000533. The molecule has 7 heteroatoms. The summed E-state index contributed by atoms with van der Waals surface area (Å²) in [7, 11) is 0. The summed E-state index contributed by atoms with van der Waals surface area (Å²) in [4.78, 5) is 0. The van der Waals surface area contributed by atoms with E-state index in [0.29, 0.717) is 0 Å². The maximum atomic E-state index is 2.22. The quantitative estimate of drug-likeness (QED) is 0.445. The Morgan fingerprint density at radius 3 is 1.18 bits per heavy atom. The SMILES string of the molecule is CCC[CH2][Mg+].[Cl-].[Cl-].[Cl-].[Cl-].[Cl-].[Ti+4]. The van der Waals surface area contributed by atoms with Gasteiger partial charge in [-0.1, -0.05) is 0 Å². The predicted octanol–water partition coefficient (Wildman–Crippen LogP) is -13.6. The zero-order valence-corrected chi connectivity index (χ0v) is 13.0. The topological polar surface area (TPSA) is 0 Å². The molecule has 0 aliphatic carbocycles. The van der Waals surface area contributed by atoms with E-state index < -0.39 is 0 Å². The van der Waals surface area contributed by atoms with E-state index in [1.807, 2.05) is 21.7 Å². The zero-order chi connectivity index (χ0) is 4.12. The monoisotopic (exact) mass is 304 g/mol. The minimum absolute atomic E-state index is 0. The predicted molar refractivity (Wildman–Crippen MR) is 25.5 cm³/mol. The van der Waals surface area contributed by atoms with E-state index in [1.54, 1.807) is 0 Å². The molecule has 66 valence electrons. The van der Waals surface area contributed by atoms with Crippen molar-refractivity contribution >= 4 is 21.7 Å². The summed E-state index contributed by atoms with van der Waals surface area (Å²) in [6.07, 6.45) is 2.75. The van der Waals surface area contributed by atoms with Crippen LogP contribution >= 0.6 is 0 Å². The van der Waals surface area contributed by atoms with Crippen LogP contribution < -0.4 is 62.0 Å². The van der Waals surface area contributed by atoms with Crippen molar-refractivity contribution in [1.82, 2.24) is 0 Å². The smallest absolute Gasteiger partial charge is 1.00 e. The molecule has 11 heavy (non-hydrogen) atoms. The van der Waals surface area contributed by atoms with Crippen molar-refractivity contribution in [2.75, 3.05) is 0 Å². The van der Waals surface area contributed by atoms with Crippen LogP contribution in [0.1, 0.15) is 19.8 Å². The molecule has 0 N–H and O–H groups in total. The third kappa shape index (κ3) is 63.5. The molecule has 0 nitrogen and oxygen atoms in total. The van der Waals surface area contributed by atoms with E-state index in [-0.39, 0.29) is 83.8 Å².